The molecule has 4 rings (SSSR count). The van der Waals surface area contributed by atoms with Crippen LogP contribution in [0.25, 0.3) is 10.8 Å². The summed E-state index contributed by atoms with van der Waals surface area (Å²) in [5.41, 5.74) is 2.51. The van der Waals surface area contributed by atoms with Gasteiger partial charge in [-0.05, 0) is 36.6 Å². The normalized spacial score (nSPS) is 18.5. The highest BCUT2D eigenvalue weighted by Crippen LogP contribution is 2.30. The molecule has 38 heavy (non-hydrogen) atoms. The molecule has 0 saturated heterocycles. The summed E-state index contributed by atoms with van der Waals surface area (Å²) >= 11 is 0. The molecule has 3 aromatic carbocycles. The molecule has 3 atom stereocenters. The van der Waals surface area contributed by atoms with E-state index in [2.05, 4.69) is 5.32 Å². The fourth-order valence-electron chi connectivity index (χ4n) is 4.81. The van der Waals surface area contributed by atoms with Crippen molar-refractivity contribution >= 4 is 34.1 Å². The van der Waals surface area contributed by atoms with E-state index in [9.17, 15) is 14.7 Å². The number of hydrogen-bond donors (Lipinski definition) is 2. The lowest BCUT2D eigenvalue weighted by molar-refractivity contribution is -0.134. The van der Waals surface area contributed by atoms with E-state index in [-0.39, 0.29) is 43.0 Å². The Hall–Kier alpha value is -3.78. The standard InChI is InChI=1S/C30H38N4O4/c1-20-17-34(21(2)19-35)29(36)16-23-15-24(32(3)4)13-14-27(23)38-28(20)18-33(5)30(37)31-26-12-8-10-22-9-6-7-11-25(22)26/h6-15,20-21,28,35H,16-19H2,1-5H3,(H,31,37)/t20-,21+,28+/m0/s1. The number of anilines is 2. The van der Waals surface area contributed by atoms with Crippen LogP contribution < -0.4 is 15.0 Å². The molecular weight excluding hydrogens is 480 g/mol. The second-order valence-corrected chi connectivity index (χ2v) is 10.4. The Morgan fingerprint density at radius 2 is 1.87 bits per heavy atom. The van der Waals surface area contributed by atoms with Crippen LogP contribution in [-0.4, -0.2) is 79.8 Å². The van der Waals surface area contributed by atoms with Gasteiger partial charge in [-0.2, -0.15) is 0 Å². The van der Waals surface area contributed by atoms with Crippen LogP contribution in [0.3, 0.4) is 0 Å². The molecule has 1 heterocycles. The summed E-state index contributed by atoms with van der Waals surface area (Å²) in [5, 5.41) is 14.9. The van der Waals surface area contributed by atoms with Crippen molar-refractivity contribution in [3.05, 3.63) is 66.2 Å². The fraction of sp³-hybridized carbons (Fsp3) is 0.400. The fourth-order valence-corrected chi connectivity index (χ4v) is 4.81. The second-order valence-electron chi connectivity index (χ2n) is 10.4. The zero-order chi connectivity index (χ0) is 27.4. The van der Waals surface area contributed by atoms with E-state index in [0.717, 1.165) is 27.7 Å². The smallest absolute Gasteiger partial charge is 0.321 e. The van der Waals surface area contributed by atoms with Crippen LogP contribution in [0, 0.1) is 5.92 Å². The van der Waals surface area contributed by atoms with Crippen molar-refractivity contribution < 1.29 is 19.4 Å². The van der Waals surface area contributed by atoms with Crippen molar-refractivity contribution in [2.24, 2.45) is 5.92 Å². The highest BCUT2D eigenvalue weighted by molar-refractivity contribution is 6.01. The van der Waals surface area contributed by atoms with Crippen molar-refractivity contribution in [2.45, 2.75) is 32.4 Å². The molecule has 0 unspecified atom stereocenters. The molecule has 0 radical (unpaired) electrons. The third kappa shape index (κ3) is 6.02. The van der Waals surface area contributed by atoms with Gasteiger partial charge in [-0.25, -0.2) is 4.79 Å². The quantitative estimate of drug-likeness (QED) is 0.511. The molecule has 0 saturated carbocycles. The molecule has 8 heteroatoms. The summed E-state index contributed by atoms with van der Waals surface area (Å²) in [6.07, 6.45) is -0.195. The summed E-state index contributed by atoms with van der Waals surface area (Å²) < 4.78 is 6.53. The lowest BCUT2D eigenvalue weighted by atomic mass is 10.0. The molecule has 8 nitrogen and oxygen atoms in total. The number of carbonyl (C=O) groups excluding carboxylic acids is 2. The Morgan fingerprint density at radius 1 is 1.13 bits per heavy atom. The van der Waals surface area contributed by atoms with E-state index in [0.29, 0.717) is 18.8 Å². The molecule has 0 aliphatic carbocycles. The minimum absolute atomic E-state index is 0.0538. The number of ether oxygens (including phenoxy) is 1. The number of rotatable bonds is 6. The third-order valence-electron chi connectivity index (χ3n) is 7.25. The van der Waals surface area contributed by atoms with Gasteiger partial charge in [-0.15, -0.1) is 0 Å². The van der Waals surface area contributed by atoms with Crippen molar-refractivity contribution in [1.29, 1.82) is 0 Å². The predicted octanol–water partition coefficient (Wildman–Crippen LogP) is 4.22. The number of nitrogens with zero attached hydrogens (tertiary/aromatic N) is 3. The molecule has 0 spiro atoms. The summed E-state index contributed by atoms with van der Waals surface area (Å²) in [5.74, 6) is 0.490. The molecule has 0 aromatic heterocycles. The van der Waals surface area contributed by atoms with E-state index >= 15 is 0 Å². The average molecular weight is 519 g/mol. The lowest BCUT2D eigenvalue weighted by Gasteiger charge is -2.34. The molecule has 202 valence electrons. The minimum atomic E-state index is -0.374. The maximum absolute atomic E-state index is 13.3. The highest BCUT2D eigenvalue weighted by Gasteiger charge is 2.32. The van der Waals surface area contributed by atoms with Gasteiger partial charge >= 0.3 is 6.03 Å². The van der Waals surface area contributed by atoms with Gasteiger partial charge in [0.05, 0.1) is 31.3 Å². The number of nitrogens with one attached hydrogen (secondary N) is 1. The number of benzene rings is 3. The first-order valence-corrected chi connectivity index (χ1v) is 13.0. The molecule has 0 bridgehead atoms. The average Bonchev–Trinajstić information content (AvgIpc) is 2.95. The summed E-state index contributed by atoms with van der Waals surface area (Å²) in [6, 6.07) is 19.0. The van der Waals surface area contributed by atoms with Gasteiger partial charge < -0.3 is 29.9 Å². The van der Waals surface area contributed by atoms with Gasteiger partial charge in [0.2, 0.25) is 5.91 Å². The minimum Gasteiger partial charge on any atom is -0.488 e. The molecule has 3 amide bonds. The summed E-state index contributed by atoms with van der Waals surface area (Å²) in [7, 11) is 5.65. The summed E-state index contributed by atoms with van der Waals surface area (Å²) in [4.78, 5) is 31.9. The third-order valence-corrected chi connectivity index (χ3v) is 7.25. The Morgan fingerprint density at radius 3 is 2.61 bits per heavy atom. The Kier molecular flexibility index (Phi) is 8.42. The zero-order valence-electron chi connectivity index (χ0n) is 22.8. The first-order valence-electron chi connectivity index (χ1n) is 13.0. The van der Waals surface area contributed by atoms with Crippen LogP contribution in [0.4, 0.5) is 16.2 Å². The topological polar surface area (TPSA) is 85.3 Å². The van der Waals surface area contributed by atoms with Crippen molar-refractivity contribution in [1.82, 2.24) is 9.80 Å². The van der Waals surface area contributed by atoms with Crippen LogP contribution in [-0.2, 0) is 11.2 Å². The largest absolute Gasteiger partial charge is 0.488 e. The van der Waals surface area contributed by atoms with Gasteiger partial charge in [0.25, 0.3) is 0 Å². The second kappa shape index (κ2) is 11.7. The van der Waals surface area contributed by atoms with Crippen LogP contribution in [0.5, 0.6) is 5.75 Å². The van der Waals surface area contributed by atoms with E-state index < -0.39 is 0 Å². The van der Waals surface area contributed by atoms with Gasteiger partial charge in [0.1, 0.15) is 11.9 Å². The van der Waals surface area contributed by atoms with Crippen molar-refractivity contribution in [3.63, 3.8) is 0 Å². The Bertz CT molecular complexity index is 1290. The van der Waals surface area contributed by atoms with Crippen LogP contribution >= 0.6 is 0 Å². The number of aliphatic hydroxyl groups is 1. The Labute approximate surface area is 224 Å². The van der Waals surface area contributed by atoms with Gasteiger partial charge in [0, 0.05) is 50.2 Å². The van der Waals surface area contributed by atoms with Crippen LogP contribution in [0.2, 0.25) is 0 Å². The van der Waals surface area contributed by atoms with Gasteiger partial charge in [0.15, 0.2) is 0 Å². The van der Waals surface area contributed by atoms with E-state index in [1.807, 2.05) is 93.5 Å². The molecule has 1 aliphatic rings. The van der Waals surface area contributed by atoms with Crippen molar-refractivity contribution in [2.75, 3.05) is 51.1 Å². The first kappa shape index (κ1) is 27.3. The number of urea groups is 1. The first-order chi connectivity index (χ1) is 18.2. The van der Waals surface area contributed by atoms with Crippen LogP contribution in [0.15, 0.2) is 60.7 Å². The highest BCUT2D eigenvalue weighted by atomic mass is 16.5. The van der Waals surface area contributed by atoms with E-state index in [1.54, 1.807) is 16.8 Å². The summed E-state index contributed by atoms with van der Waals surface area (Å²) in [6.45, 7) is 4.48. The molecule has 2 N–H and O–H groups in total. The number of amides is 3. The maximum atomic E-state index is 13.3. The Balaban J connectivity index is 1.59. The number of fused-ring (bicyclic) bond motifs is 2. The predicted molar refractivity (Wildman–Crippen MR) is 152 cm³/mol. The van der Waals surface area contributed by atoms with E-state index in [1.165, 1.54) is 0 Å². The van der Waals surface area contributed by atoms with Gasteiger partial charge in [-0.3, -0.25) is 4.79 Å². The van der Waals surface area contributed by atoms with Crippen molar-refractivity contribution in [3.8, 4) is 5.75 Å². The molecule has 0 fully saturated rings. The lowest BCUT2D eigenvalue weighted by Crippen LogP contribution is -2.48. The van der Waals surface area contributed by atoms with Crippen LogP contribution in [0.1, 0.15) is 19.4 Å². The number of likely N-dealkylation sites (N-methyl/N-ethyl adjacent to an activating group) is 1. The SMILES string of the molecule is C[C@H](CO)N1C[C@H](C)[C@@H](CN(C)C(=O)Nc2cccc3ccccc23)Oc2ccc(N(C)C)cc2CC1=O. The van der Waals surface area contributed by atoms with Gasteiger partial charge in [-0.1, -0.05) is 43.3 Å². The van der Waals surface area contributed by atoms with E-state index in [4.69, 9.17) is 4.74 Å². The monoisotopic (exact) mass is 518 g/mol. The molecule has 3 aromatic rings. The maximum Gasteiger partial charge on any atom is 0.321 e. The number of aliphatic hydroxyl groups excluding tert-OH is 1. The molecular formula is C30H38N4O4. The molecule has 1 aliphatic heterocycles. The number of carbonyl (C=O) groups is 2. The zero-order valence-corrected chi connectivity index (χ0v) is 22.8. The number of hydrogen-bond acceptors (Lipinski definition) is 5.